The average molecular weight is 473 g/mol. The Labute approximate surface area is 195 Å². The van der Waals surface area contributed by atoms with Crippen LogP contribution in [0.4, 0.5) is 0 Å². The quantitative estimate of drug-likeness (QED) is 0.114. The fraction of sp³-hybridized carbons (Fsp3) is 0.773. The van der Waals surface area contributed by atoms with Crippen LogP contribution >= 0.6 is 0 Å². The van der Waals surface area contributed by atoms with Crippen molar-refractivity contribution in [2.24, 2.45) is 17.3 Å². The summed E-state index contributed by atoms with van der Waals surface area (Å²) >= 11 is 0. The SMILES string of the molecule is CNC(=O)[C@@H](NC(=O)[C@H](CC(C)C)[C@H](NC(=O)CCCCC(=O)OC)C(=O)NO)C(C)(C)C. The van der Waals surface area contributed by atoms with Gasteiger partial charge in [-0.2, -0.15) is 0 Å². The second-order valence-electron chi connectivity index (χ2n) is 9.46. The standard InChI is InChI=1S/C22H40N4O7/c1-13(2)12-14(19(29)25-18(21(31)23-6)22(3,4)5)17(20(30)26-32)24-15(27)10-8-9-11-16(28)33-7/h13-14,17-18,32H,8-12H2,1-7H3,(H,23,31)(H,24,27)(H,25,29)(H,26,30)/t14-,17+,18-/m1/s1. The molecule has 0 unspecified atom stereocenters. The number of amides is 4. The zero-order chi connectivity index (χ0) is 25.8. The monoisotopic (exact) mass is 472 g/mol. The number of esters is 1. The number of carbonyl (C=O) groups excluding carboxylic acids is 5. The van der Waals surface area contributed by atoms with Crippen LogP contribution in [0.3, 0.4) is 0 Å². The van der Waals surface area contributed by atoms with Gasteiger partial charge in [0.2, 0.25) is 17.7 Å². The number of rotatable bonds is 13. The molecule has 0 rings (SSSR count). The number of unbranched alkanes of at least 4 members (excludes halogenated alkanes) is 1. The van der Waals surface area contributed by atoms with Gasteiger partial charge in [0, 0.05) is 19.9 Å². The number of ether oxygens (including phenoxy) is 1. The lowest BCUT2D eigenvalue weighted by Gasteiger charge is -2.33. The summed E-state index contributed by atoms with van der Waals surface area (Å²) in [6, 6.07) is -2.23. The molecule has 11 heteroatoms. The highest BCUT2D eigenvalue weighted by Gasteiger charge is 2.39. The summed E-state index contributed by atoms with van der Waals surface area (Å²) in [5.41, 5.74) is 0.897. The van der Waals surface area contributed by atoms with Crippen molar-refractivity contribution < 1.29 is 33.9 Å². The van der Waals surface area contributed by atoms with E-state index in [1.54, 1.807) is 20.8 Å². The maximum Gasteiger partial charge on any atom is 0.305 e. The van der Waals surface area contributed by atoms with Gasteiger partial charge in [-0.05, 0) is 30.6 Å². The zero-order valence-electron chi connectivity index (χ0n) is 20.7. The van der Waals surface area contributed by atoms with Gasteiger partial charge >= 0.3 is 5.97 Å². The first-order chi connectivity index (χ1) is 15.3. The predicted octanol–water partition coefficient (Wildman–Crippen LogP) is 0.649. The molecule has 0 aromatic heterocycles. The normalized spacial score (nSPS) is 14.0. The van der Waals surface area contributed by atoms with Crippen molar-refractivity contribution in [3.63, 3.8) is 0 Å². The average Bonchev–Trinajstić information content (AvgIpc) is 2.74. The predicted molar refractivity (Wildman–Crippen MR) is 121 cm³/mol. The molecule has 0 saturated carbocycles. The number of hydrogen-bond donors (Lipinski definition) is 5. The van der Waals surface area contributed by atoms with Gasteiger partial charge in [-0.15, -0.1) is 0 Å². The molecule has 11 nitrogen and oxygen atoms in total. The van der Waals surface area contributed by atoms with Crippen LogP contribution in [0.5, 0.6) is 0 Å². The fourth-order valence-corrected chi connectivity index (χ4v) is 3.29. The molecule has 0 aromatic rings. The highest BCUT2D eigenvalue weighted by atomic mass is 16.5. The summed E-state index contributed by atoms with van der Waals surface area (Å²) in [5, 5.41) is 17.0. The van der Waals surface area contributed by atoms with E-state index < -0.39 is 47.0 Å². The number of likely N-dealkylation sites (N-methyl/N-ethyl adjacent to an activating group) is 1. The van der Waals surface area contributed by atoms with Gasteiger partial charge in [-0.3, -0.25) is 29.2 Å². The molecular weight excluding hydrogens is 432 g/mol. The number of methoxy groups -OCH3 is 1. The lowest BCUT2D eigenvalue weighted by Crippen LogP contribution is -2.59. The third-order valence-electron chi connectivity index (χ3n) is 5.10. The van der Waals surface area contributed by atoms with Gasteiger partial charge in [-0.25, -0.2) is 5.48 Å². The first-order valence-electron chi connectivity index (χ1n) is 11.1. The Balaban J connectivity index is 5.58. The number of hydrogen-bond acceptors (Lipinski definition) is 7. The number of nitrogens with one attached hydrogen (secondary N) is 4. The molecule has 0 bridgehead atoms. The van der Waals surface area contributed by atoms with Crippen molar-refractivity contribution in [1.29, 1.82) is 0 Å². The van der Waals surface area contributed by atoms with Crippen LogP contribution in [-0.4, -0.2) is 61.0 Å². The molecule has 0 spiro atoms. The van der Waals surface area contributed by atoms with E-state index in [1.807, 2.05) is 13.8 Å². The van der Waals surface area contributed by atoms with E-state index in [0.29, 0.717) is 12.8 Å². The molecule has 33 heavy (non-hydrogen) atoms. The molecule has 0 heterocycles. The smallest absolute Gasteiger partial charge is 0.305 e. The van der Waals surface area contributed by atoms with E-state index in [2.05, 4.69) is 20.7 Å². The first-order valence-corrected chi connectivity index (χ1v) is 11.1. The van der Waals surface area contributed by atoms with E-state index in [4.69, 9.17) is 0 Å². The van der Waals surface area contributed by atoms with Crippen LogP contribution in [-0.2, 0) is 28.7 Å². The van der Waals surface area contributed by atoms with E-state index in [-0.39, 0.29) is 31.1 Å². The van der Waals surface area contributed by atoms with Crippen LogP contribution < -0.4 is 21.4 Å². The Morgan fingerprint density at radius 2 is 1.48 bits per heavy atom. The minimum atomic E-state index is -1.35. The van der Waals surface area contributed by atoms with Crippen molar-refractivity contribution in [1.82, 2.24) is 21.4 Å². The fourth-order valence-electron chi connectivity index (χ4n) is 3.29. The summed E-state index contributed by atoms with van der Waals surface area (Å²) in [6.45, 7) is 9.07. The zero-order valence-corrected chi connectivity index (χ0v) is 20.7. The van der Waals surface area contributed by atoms with Crippen molar-refractivity contribution in [3.05, 3.63) is 0 Å². The second-order valence-corrected chi connectivity index (χ2v) is 9.46. The largest absolute Gasteiger partial charge is 0.469 e. The van der Waals surface area contributed by atoms with Gasteiger partial charge in [-0.1, -0.05) is 34.6 Å². The Kier molecular flexibility index (Phi) is 13.3. The summed E-state index contributed by atoms with van der Waals surface area (Å²) in [7, 11) is 2.74. The third kappa shape index (κ3) is 11.1. The molecule has 0 fully saturated rings. The van der Waals surface area contributed by atoms with Gasteiger partial charge < -0.3 is 20.7 Å². The molecule has 0 radical (unpaired) electrons. The van der Waals surface area contributed by atoms with Crippen molar-refractivity contribution >= 4 is 29.6 Å². The van der Waals surface area contributed by atoms with E-state index in [9.17, 15) is 29.2 Å². The lowest BCUT2D eigenvalue weighted by atomic mass is 9.84. The van der Waals surface area contributed by atoms with Crippen molar-refractivity contribution in [3.8, 4) is 0 Å². The van der Waals surface area contributed by atoms with Gasteiger partial charge in [0.1, 0.15) is 12.1 Å². The minimum Gasteiger partial charge on any atom is -0.469 e. The maximum absolute atomic E-state index is 13.2. The molecule has 0 aliphatic rings. The van der Waals surface area contributed by atoms with Crippen LogP contribution in [0.15, 0.2) is 0 Å². The summed E-state index contributed by atoms with van der Waals surface area (Å²) in [4.78, 5) is 61.6. The molecular formula is C22H40N4O7. The highest BCUT2D eigenvalue weighted by molar-refractivity contribution is 5.95. The van der Waals surface area contributed by atoms with Crippen molar-refractivity contribution in [2.75, 3.05) is 14.2 Å². The van der Waals surface area contributed by atoms with Gasteiger partial charge in [0.25, 0.3) is 5.91 Å². The number of hydroxylamine groups is 1. The first kappa shape index (κ1) is 30.3. The second kappa shape index (κ2) is 14.5. The summed E-state index contributed by atoms with van der Waals surface area (Å²) in [6.07, 6.45) is 1.20. The van der Waals surface area contributed by atoms with Gasteiger partial charge in [0.05, 0.1) is 13.0 Å². The van der Waals surface area contributed by atoms with E-state index in [0.717, 1.165) is 0 Å². The number of carbonyl (C=O) groups is 5. The molecule has 0 aliphatic carbocycles. The summed E-state index contributed by atoms with van der Waals surface area (Å²) < 4.78 is 4.55. The molecule has 190 valence electrons. The van der Waals surface area contributed by atoms with Crippen LogP contribution in [0.1, 0.15) is 66.7 Å². The highest BCUT2D eigenvalue weighted by Crippen LogP contribution is 2.22. The molecule has 5 N–H and O–H groups in total. The molecule has 0 saturated heterocycles. The van der Waals surface area contributed by atoms with E-state index >= 15 is 0 Å². The minimum absolute atomic E-state index is 0.0189. The Hall–Kier alpha value is -2.69. The maximum atomic E-state index is 13.2. The lowest BCUT2D eigenvalue weighted by molar-refractivity contribution is -0.142. The summed E-state index contributed by atoms with van der Waals surface area (Å²) in [5.74, 6) is -3.87. The molecule has 0 aromatic carbocycles. The Bertz CT molecular complexity index is 689. The molecule has 4 amide bonds. The van der Waals surface area contributed by atoms with E-state index in [1.165, 1.54) is 19.6 Å². The van der Waals surface area contributed by atoms with Gasteiger partial charge in [0.15, 0.2) is 0 Å². The van der Waals surface area contributed by atoms with Crippen LogP contribution in [0.25, 0.3) is 0 Å². The van der Waals surface area contributed by atoms with Crippen molar-refractivity contribution in [2.45, 2.75) is 78.8 Å². The molecule has 0 aliphatic heterocycles. The Morgan fingerprint density at radius 1 is 0.909 bits per heavy atom. The molecule has 3 atom stereocenters. The Morgan fingerprint density at radius 3 is 1.94 bits per heavy atom. The third-order valence-corrected chi connectivity index (χ3v) is 5.10. The van der Waals surface area contributed by atoms with Crippen LogP contribution in [0.2, 0.25) is 0 Å². The topological polar surface area (TPSA) is 163 Å². The van der Waals surface area contributed by atoms with Crippen LogP contribution in [0, 0.1) is 17.3 Å².